The van der Waals surface area contributed by atoms with E-state index in [1.54, 1.807) is 6.92 Å². The van der Waals surface area contributed by atoms with Gasteiger partial charge in [-0.25, -0.2) is 0 Å². The molecule has 0 aromatic rings. The number of aliphatic hydroxyl groups excluding tert-OH is 2. The third kappa shape index (κ3) is 1.90. The summed E-state index contributed by atoms with van der Waals surface area (Å²) in [4.78, 5) is 0. The largest absolute Gasteiger partial charge is 0.391 e. The normalized spacial score (nSPS) is 40.9. The highest BCUT2D eigenvalue weighted by Gasteiger charge is 2.36. The Kier molecular flexibility index (Phi) is 2.84. The zero-order valence-corrected chi connectivity index (χ0v) is 6.73. The van der Waals surface area contributed by atoms with Crippen molar-refractivity contribution in [1.82, 2.24) is 0 Å². The van der Waals surface area contributed by atoms with Crippen LogP contribution in [0.4, 0.5) is 0 Å². The molecule has 1 heterocycles. The summed E-state index contributed by atoms with van der Waals surface area (Å²) >= 11 is 0. The van der Waals surface area contributed by atoms with E-state index in [9.17, 15) is 5.11 Å². The fraction of sp³-hybridized carbons (Fsp3) is 1.00. The summed E-state index contributed by atoms with van der Waals surface area (Å²) in [6, 6.07) is 0. The number of rotatable bonds is 2. The van der Waals surface area contributed by atoms with E-state index >= 15 is 0 Å². The number of methoxy groups -OCH3 is 1. The molecule has 0 radical (unpaired) electrons. The molecule has 0 aromatic carbocycles. The van der Waals surface area contributed by atoms with Crippen LogP contribution < -0.4 is 0 Å². The predicted molar refractivity (Wildman–Crippen MR) is 38.0 cm³/mol. The quantitative estimate of drug-likeness (QED) is 0.574. The van der Waals surface area contributed by atoms with Gasteiger partial charge in [0.1, 0.15) is 6.10 Å². The molecule has 2 N–H and O–H groups in total. The van der Waals surface area contributed by atoms with Gasteiger partial charge < -0.3 is 19.7 Å². The third-order valence-electron chi connectivity index (χ3n) is 1.86. The first-order chi connectivity index (χ1) is 5.15. The maximum atomic E-state index is 9.30. The summed E-state index contributed by atoms with van der Waals surface area (Å²) in [6.07, 6.45) is -1.69. The van der Waals surface area contributed by atoms with Crippen LogP contribution in [0.25, 0.3) is 0 Å². The van der Waals surface area contributed by atoms with Crippen LogP contribution >= 0.6 is 0 Å². The molecule has 0 aromatic heterocycles. The molecule has 1 aliphatic heterocycles. The van der Waals surface area contributed by atoms with E-state index in [1.165, 1.54) is 7.11 Å². The van der Waals surface area contributed by atoms with Gasteiger partial charge >= 0.3 is 0 Å². The van der Waals surface area contributed by atoms with E-state index in [4.69, 9.17) is 14.6 Å². The standard InChI is InChI=1S/C7H14O4/c1-4(8)7-5(9)3-6(10-2)11-7/h4-9H,3H2,1-2H3/t4-,5-,6-,7+/m0/s1. The minimum absolute atomic E-state index is 0.371. The summed E-state index contributed by atoms with van der Waals surface area (Å²) in [5, 5.41) is 18.4. The zero-order chi connectivity index (χ0) is 8.43. The van der Waals surface area contributed by atoms with Gasteiger partial charge in [-0.15, -0.1) is 0 Å². The Morgan fingerprint density at radius 2 is 2.27 bits per heavy atom. The molecule has 0 amide bonds. The lowest BCUT2D eigenvalue weighted by atomic mass is 10.1. The van der Waals surface area contributed by atoms with Crippen LogP contribution in [0.1, 0.15) is 13.3 Å². The number of ether oxygens (including phenoxy) is 2. The summed E-state index contributed by atoms with van der Waals surface area (Å²) < 4.78 is 10.0. The molecule has 66 valence electrons. The Labute approximate surface area is 65.7 Å². The molecule has 0 spiro atoms. The van der Waals surface area contributed by atoms with E-state index < -0.39 is 18.3 Å². The van der Waals surface area contributed by atoms with Gasteiger partial charge in [-0.1, -0.05) is 0 Å². The molecule has 1 saturated heterocycles. The lowest BCUT2D eigenvalue weighted by molar-refractivity contribution is -0.141. The number of hydrogen-bond donors (Lipinski definition) is 2. The van der Waals surface area contributed by atoms with Crippen LogP contribution in [-0.2, 0) is 9.47 Å². The highest BCUT2D eigenvalue weighted by molar-refractivity contribution is 4.81. The molecule has 1 fully saturated rings. The highest BCUT2D eigenvalue weighted by atomic mass is 16.7. The van der Waals surface area contributed by atoms with E-state index in [-0.39, 0.29) is 6.29 Å². The van der Waals surface area contributed by atoms with Gasteiger partial charge in [-0.3, -0.25) is 0 Å². The first kappa shape index (κ1) is 8.93. The van der Waals surface area contributed by atoms with Crippen molar-refractivity contribution in [3.63, 3.8) is 0 Å². The zero-order valence-electron chi connectivity index (χ0n) is 6.73. The Morgan fingerprint density at radius 3 is 2.55 bits per heavy atom. The number of hydrogen-bond acceptors (Lipinski definition) is 4. The van der Waals surface area contributed by atoms with E-state index in [1.807, 2.05) is 0 Å². The van der Waals surface area contributed by atoms with Gasteiger partial charge in [0, 0.05) is 13.5 Å². The van der Waals surface area contributed by atoms with Gasteiger partial charge in [0.2, 0.25) is 0 Å². The second-order valence-electron chi connectivity index (χ2n) is 2.81. The van der Waals surface area contributed by atoms with Gasteiger partial charge in [0.05, 0.1) is 12.2 Å². The highest BCUT2D eigenvalue weighted by Crippen LogP contribution is 2.22. The summed E-state index contributed by atoms with van der Waals surface area (Å²) in [5.41, 5.74) is 0. The molecule has 4 atom stereocenters. The third-order valence-corrected chi connectivity index (χ3v) is 1.86. The number of aliphatic hydroxyl groups is 2. The molecule has 1 rings (SSSR count). The van der Waals surface area contributed by atoms with Gasteiger partial charge in [-0.2, -0.15) is 0 Å². The van der Waals surface area contributed by atoms with Gasteiger partial charge in [0.25, 0.3) is 0 Å². The minimum atomic E-state index is -0.648. The maximum absolute atomic E-state index is 9.30. The first-order valence-corrected chi connectivity index (χ1v) is 3.69. The lowest BCUT2D eigenvalue weighted by Crippen LogP contribution is -2.32. The predicted octanol–water partition coefficient (Wildman–Crippen LogP) is -0.510. The fourth-order valence-corrected chi connectivity index (χ4v) is 1.24. The van der Waals surface area contributed by atoms with Crippen molar-refractivity contribution in [2.45, 2.75) is 37.9 Å². The second kappa shape index (κ2) is 3.49. The average molecular weight is 162 g/mol. The Hall–Kier alpha value is -0.160. The molecule has 4 nitrogen and oxygen atoms in total. The van der Waals surface area contributed by atoms with E-state index in [0.717, 1.165) is 0 Å². The molecule has 4 heteroatoms. The lowest BCUT2D eigenvalue weighted by Gasteiger charge is -2.16. The average Bonchev–Trinajstić information content (AvgIpc) is 2.30. The summed E-state index contributed by atoms with van der Waals surface area (Å²) in [7, 11) is 1.52. The van der Waals surface area contributed by atoms with Crippen molar-refractivity contribution in [3.05, 3.63) is 0 Å². The second-order valence-corrected chi connectivity index (χ2v) is 2.81. The van der Waals surface area contributed by atoms with Crippen molar-refractivity contribution < 1.29 is 19.7 Å². The molecule has 0 saturated carbocycles. The fourth-order valence-electron chi connectivity index (χ4n) is 1.24. The van der Waals surface area contributed by atoms with Crippen LogP contribution in [0.3, 0.4) is 0 Å². The van der Waals surface area contributed by atoms with Crippen molar-refractivity contribution in [1.29, 1.82) is 0 Å². The summed E-state index contributed by atoms with van der Waals surface area (Å²) in [5.74, 6) is 0. The Morgan fingerprint density at radius 1 is 1.64 bits per heavy atom. The van der Waals surface area contributed by atoms with Gasteiger partial charge in [-0.05, 0) is 6.92 Å². The van der Waals surface area contributed by atoms with E-state index in [2.05, 4.69) is 0 Å². The van der Waals surface area contributed by atoms with Gasteiger partial charge in [0.15, 0.2) is 6.29 Å². The molecular formula is C7H14O4. The molecule has 11 heavy (non-hydrogen) atoms. The van der Waals surface area contributed by atoms with Crippen LogP contribution in [-0.4, -0.2) is 41.9 Å². The van der Waals surface area contributed by atoms with Crippen molar-refractivity contribution in [3.8, 4) is 0 Å². The van der Waals surface area contributed by atoms with Crippen LogP contribution in [0.2, 0.25) is 0 Å². The molecular weight excluding hydrogens is 148 g/mol. The molecule has 0 bridgehead atoms. The van der Waals surface area contributed by atoms with Crippen LogP contribution in [0.15, 0.2) is 0 Å². The summed E-state index contributed by atoms with van der Waals surface area (Å²) in [6.45, 7) is 1.59. The Balaban J connectivity index is 2.45. The van der Waals surface area contributed by atoms with Crippen molar-refractivity contribution >= 4 is 0 Å². The molecule has 0 aliphatic carbocycles. The van der Waals surface area contributed by atoms with Crippen LogP contribution in [0.5, 0.6) is 0 Å². The SMILES string of the molecule is CO[C@@H]1C[C@H](O)[C@@H]([C@H](C)O)O1. The van der Waals surface area contributed by atoms with Crippen LogP contribution in [0, 0.1) is 0 Å². The molecule has 1 aliphatic rings. The Bertz CT molecular complexity index is 126. The van der Waals surface area contributed by atoms with Crippen molar-refractivity contribution in [2.75, 3.05) is 7.11 Å². The maximum Gasteiger partial charge on any atom is 0.160 e. The van der Waals surface area contributed by atoms with Crippen molar-refractivity contribution in [2.24, 2.45) is 0 Å². The monoisotopic (exact) mass is 162 g/mol. The topological polar surface area (TPSA) is 58.9 Å². The minimum Gasteiger partial charge on any atom is -0.391 e. The smallest absolute Gasteiger partial charge is 0.160 e. The first-order valence-electron chi connectivity index (χ1n) is 3.69. The van der Waals surface area contributed by atoms with E-state index in [0.29, 0.717) is 6.42 Å². The molecule has 0 unspecified atom stereocenters.